The SMILES string of the molecule is CC(C)(C)OC(=O)N1CCC=C(c2ccccc2-n2ncc(C(=O)Nc3ccc(Cl)cn3)c2N)C1. The van der Waals surface area contributed by atoms with Crippen molar-refractivity contribution in [3.05, 3.63) is 71.0 Å². The summed E-state index contributed by atoms with van der Waals surface area (Å²) in [7, 11) is 0. The Morgan fingerprint density at radius 1 is 1.14 bits per heavy atom. The molecule has 0 fully saturated rings. The lowest BCUT2D eigenvalue weighted by Crippen LogP contribution is -2.39. The van der Waals surface area contributed by atoms with Gasteiger partial charge in [0, 0.05) is 24.8 Å². The van der Waals surface area contributed by atoms with Crippen molar-refractivity contribution < 1.29 is 14.3 Å². The summed E-state index contributed by atoms with van der Waals surface area (Å²) in [5.74, 6) is 0.0971. The van der Waals surface area contributed by atoms with E-state index in [4.69, 9.17) is 22.1 Å². The number of carbonyl (C=O) groups excluding carboxylic acids is 2. The van der Waals surface area contributed by atoms with E-state index in [0.29, 0.717) is 36.0 Å². The van der Waals surface area contributed by atoms with Crippen LogP contribution in [0, 0.1) is 0 Å². The van der Waals surface area contributed by atoms with Gasteiger partial charge in [0.15, 0.2) is 0 Å². The smallest absolute Gasteiger partial charge is 0.410 e. The number of para-hydroxylation sites is 1. The van der Waals surface area contributed by atoms with Crippen molar-refractivity contribution in [1.82, 2.24) is 19.7 Å². The Bertz CT molecular complexity index is 1280. The molecular formula is C25H27ClN6O3. The van der Waals surface area contributed by atoms with Crippen molar-refractivity contribution in [3.8, 4) is 5.69 Å². The number of anilines is 2. The zero-order chi connectivity index (χ0) is 25.2. The van der Waals surface area contributed by atoms with E-state index in [1.807, 2.05) is 45.0 Å². The number of nitrogen functional groups attached to an aromatic ring is 1. The van der Waals surface area contributed by atoms with E-state index in [0.717, 1.165) is 11.1 Å². The van der Waals surface area contributed by atoms with Crippen LogP contribution in [0.4, 0.5) is 16.4 Å². The fourth-order valence-corrected chi connectivity index (χ4v) is 3.82. The fourth-order valence-electron chi connectivity index (χ4n) is 3.71. The van der Waals surface area contributed by atoms with E-state index in [1.54, 1.807) is 17.0 Å². The van der Waals surface area contributed by atoms with Crippen LogP contribution in [0.2, 0.25) is 5.02 Å². The number of nitrogens with two attached hydrogens (primary N) is 1. The highest BCUT2D eigenvalue weighted by Gasteiger charge is 2.26. The maximum Gasteiger partial charge on any atom is 0.410 e. The summed E-state index contributed by atoms with van der Waals surface area (Å²) >= 11 is 5.85. The minimum atomic E-state index is -0.571. The Morgan fingerprint density at radius 2 is 1.91 bits per heavy atom. The molecule has 1 aliphatic rings. The third-order valence-electron chi connectivity index (χ3n) is 5.30. The van der Waals surface area contributed by atoms with Crippen LogP contribution in [0.3, 0.4) is 0 Å². The first-order valence-electron chi connectivity index (χ1n) is 11.2. The number of ether oxygens (including phenoxy) is 1. The van der Waals surface area contributed by atoms with Gasteiger partial charge in [-0.3, -0.25) is 4.79 Å². The maximum absolute atomic E-state index is 12.8. The summed E-state index contributed by atoms with van der Waals surface area (Å²) in [6.07, 6.45) is 5.30. The van der Waals surface area contributed by atoms with Crippen LogP contribution in [0.5, 0.6) is 0 Å². The maximum atomic E-state index is 12.8. The number of rotatable bonds is 4. The molecule has 1 aromatic carbocycles. The zero-order valence-electron chi connectivity index (χ0n) is 19.8. The molecule has 0 saturated heterocycles. The van der Waals surface area contributed by atoms with Crippen LogP contribution in [-0.2, 0) is 4.74 Å². The molecule has 182 valence electrons. The third-order valence-corrected chi connectivity index (χ3v) is 5.52. The summed E-state index contributed by atoms with van der Waals surface area (Å²) in [5.41, 5.74) is 8.50. The van der Waals surface area contributed by atoms with Crippen LogP contribution >= 0.6 is 11.6 Å². The molecule has 0 bridgehead atoms. The fraction of sp³-hybridized carbons (Fsp3) is 0.280. The van der Waals surface area contributed by atoms with Crippen LogP contribution in [0.25, 0.3) is 11.3 Å². The molecule has 3 aromatic rings. The molecule has 3 heterocycles. The molecule has 2 aromatic heterocycles. The van der Waals surface area contributed by atoms with Crippen molar-refractivity contribution in [1.29, 1.82) is 0 Å². The highest BCUT2D eigenvalue weighted by Crippen LogP contribution is 2.29. The van der Waals surface area contributed by atoms with Crippen LogP contribution in [0.15, 0.2) is 54.9 Å². The van der Waals surface area contributed by atoms with E-state index in [2.05, 4.69) is 21.5 Å². The van der Waals surface area contributed by atoms with Gasteiger partial charge >= 0.3 is 6.09 Å². The monoisotopic (exact) mass is 494 g/mol. The largest absolute Gasteiger partial charge is 0.444 e. The van der Waals surface area contributed by atoms with Crippen LogP contribution < -0.4 is 11.1 Å². The summed E-state index contributed by atoms with van der Waals surface area (Å²) < 4.78 is 7.07. The van der Waals surface area contributed by atoms with E-state index < -0.39 is 11.5 Å². The molecular weight excluding hydrogens is 468 g/mol. The Kier molecular flexibility index (Phi) is 6.79. The van der Waals surface area contributed by atoms with Gasteiger partial charge in [-0.2, -0.15) is 5.10 Å². The zero-order valence-corrected chi connectivity index (χ0v) is 20.5. The Labute approximate surface area is 208 Å². The second-order valence-electron chi connectivity index (χ2n) is 9.11. The molecule has 0 spiro atoms. The van der Waals surface area contributed by atoms with E-state index in [9.17, 15) is 9.59 Å². The second-order valence-corrected chi connectivity index (χ2v) is 9.54. The Balaban J connectivity index is 1.58. The Hall–Kier alpha value is -3.85. The molecule has 0 unspecified atom stereocenters. The topological polar surface area (TPSA) is 115 Å². The van der Waals surface area contributed by atoms with Crippen molar-refractivity contribution >= 4 is 40.8 Å². The van der Waals surface area contributed by atoms with Crippen molar-refractivity contribution in [2.24, 2.45) is 0 Å². The summed E-state index contributed by atoms with van der Waals surface area (Å²) in [5, 5.41) is 7.54. The molecule has 10 heteroatoms. The number of amides is 2. The van der Waals surface area contributed by atoms with Gasteiger partial charge in [-0.15, -0.1) is 0 Å². The van der Waals surface area contributed by atoms with Crippen molar-refractivity contribution in [2.45, 2.75) is 32.8 Å². The number of nitrogens with one attached hydrogen (secondary N) is 1. The number of hydrogen-bond donors (Lipinski definition) is 2. The van der Waals surface area contributed by atoms with Gasteiger partial charge in [0.25, 0.3) is 5.91 Å². The third kappa shape index (κ3) is 5.63. The lowest BCUT2D eigenvalue weighted by molar-refractivity contribution is 0.0273. The van der Waals surface area contributed by atoms with Crippen LogP contribution in [-0.4, -0.2) is 50.4 Å². The first-order valence-corrected chi connectivity index (χ1v) is 11.5. The molecule has 0 atom stereocenters. The van der Waals surface area contributed by atoms with Gasteiger partial charge < -0.3 is 20.7 Å². The quantitative estimate of drug-likeness (QED) is 0.539. The number of carbonyl (C=O) groups is 2. The van der Waals surface area contributed by atoms with Gasteiger partial charge in [0.05, 0.1) is 16.9 Å². The number of nitrogens with zero attached hydrogens (tertiary/aromatic N) is 4. The predicted molar refractivity (Wildman–Crippen MR) is 136 cm³/mol. The lowest BCUT2D eigenvalue weighted by Gasteiger charge is -2.30. The first-order chi connectivity index (χ1) is 16.6. The summed E-state index contributed by atoms with van der Waals surface area (Å²) in [6, 6.07) is 10.8. The molecule has 4 rings (SSSR count). The molecule has 1 aliphatic heterocycles. The minimum Gasteiger partial charge on any atom is -0.444 e. The van der Waals surface area contributed by atoms with Gasteiger partial charge in [-0.05, 0) is 51.0 Å². The molecule has 9 nitrogen and oxygen atoms in total. The highest BCUT2D eigenvalue weighted by molar-refractivity contribution is 6.30. The highest BCUT2D eigenvalue weighted by atomic mass is 35.5. The number of pyridine rings is 1. The van der Waals surface area contributed by atoms with Gasteiger partial charge in [0.2, 0.25) is 0 Å². The standard InChI is InChI=1S/C25H27ClN6O3/c1-25(2,3)35-24(34)31-12-6-7-16(15-31)18-8-4-5-9-20(18)32-22(27)19(14-29-32)23(33)30-21-11-10-17(26)13-28-21/h4-5,7-11,13-14H,6,12,15,27H2,1-3H3,(H,28,30,33). The van der Waals surface area contributed by atoms with Crippen molar-refractivity contribution in [2.75, 3.05) is 24.1 Å². The van der Waals surface area contributed by atoms with E-state index in [-0.39, 0.29) is 17.5 Å². The summed E-state index contributed by atoms with van der Waals surface area (Å²) in [6.45, 7) is 6.50. The number of hydrogen-bond acceptors (Lipinski definition) is 6. The molecule has 0 saturated carbocycles. The molecule has 0 aliphatic carbocycles. The van der Waals surface area contributed by atoms with E-state index >= 15 is 0 Å². The number of aromatic nitrogens is 3. The average Bonchev–Trinajstić information content (AvgIpc) is 3.21. The first kappa shape index (κ1) is 24.3. The molecule has 2 amide bonds. The molecule has 0 radical (unpaired) electrons. The summed E-state index contributed by atoms with van der Waals surface area (Å²) in [4.78, 5) is 31.2. The predicted octanol–water partition coefficient (Wildman–Crippen LogP) is 4.78. The lowest BCUT2D eigenvalue weighted by atomic mass is 9.99. The number of benzene rings is 1. The Morgan fingerprint density at radius 3 is 2.63 bits per heavy atom. The van der Waals surface area contributed by atoms with Gasteiger partial charge in [0.1, 0.15) is 22.8 Å². The molecule has 35 heavy (non-hydrogen) atoms. The van der Waals surface area contributed by atoms with Crippen molar-refractivity contribution in [3.63, 3.8) is 0 Å². The van der Waals surface area contributed by atoms with E-state index in [1.165, 1.54) is 17.1 Å². The average molecular weight is 495 g/mol. The van der Waals surface area contributed by atoms with Gasteiger partial charge in [-0.25, -0.2) is 14.5 Å². The van der Waals surface area contributed by atoms with Crippen LogP contribution in [0.1, 0.15) is 43.1 Å². The number of halogens is 1. The second kappa shape index (κ2) is 9.79. The van der Waals surface area contributed by atoms with Gasteiger partial charge in [-0.1, -0.05) is 35.9 Å². The minimum absolute atomic E-state index is 0.185. The normalized spacial score (nSPS) is 13.8. The molecule has 3 N–H and O–H groups in total.